The van der Waals surface area contributed by atoms with Gasteiger partial charge < -0.3 is 37.2 Å². The molecule has 8 N–H and O–H groups in total. The number of amides is 2. The lowest BCUT2D eigenvalue weighted by Gasteiger charge is -2.26. The first-order chi connectivity index (χ1) is 12.3. The molecule has 0 aromatic rings. The lowest BCUT2D eigenvalue weighted by Crippen LogP contribution is -2.52. The summed E-state index contributed by atoms with van der Waals surface area (Å²) in [5.41, 5.74) is 21.5. The molecule has 0 aliphatic rings. The van der Waals surface area contributed by atoms with Gasteiger partial charge in [0.05, 0.1) is 31.9 Å². The van der Waals surface area contributed by atoms with Gasteiger partial charge in [0.2, 0.25) is 5.91 Å². The van der Waals surface area contributed by atoms with E-state index in [-0.39, 0.29) is 32.2 Å². The van der Waals surface area contributed by atoms with E-state index in [0.717, 1.165) is 4.90 Å². The van der Waals surface area contributed by atoms with Crippen molar-refractivity contribution in [3.8, 4) is 0 Å². The van der Waals surface area contributed by atoms with Crippen molar-refractivity contribution in [2.45, 2.75) is 31.8 Å². The van der Waals surface area contributed by atoms with Crippen LogP contribution in [0.5, 0.6) is 0 Å². The van der Waals surface area contributed by atoms with Gasteiger partial charge in [0.25, 0.3) is 5.91 Å². The Morgan fingerprint density at radius 1 is 1.19 bits per heavy atom. The highest BCUT2D eigenvalue weighted by atomic mass is 16.5. The maximum absolute atomic E-state index is 12.4. The van der Waals surface area contributed by atoms with E-state index in [1.165, 1.54) is 6.92 Å². The van der Waals surface area contributed by atoms with Crippen LogP contribution in [0, 0.1) is 0 Å². The van der Waals surface area contributed by atoms with Gasteiger partial charge in [-0.1, -0.05) is 0 Å². The summed E-state index contributed by atoms with van der Waals surface area (Å²) in [6, 6.07) is -1.90. The maximum atomic E-state index is 12.4. The number of ether oxygens (including phenoxy) is 2. The fraction of sp³-hybridized carbons (Fsp3) is 0.733. The number of aldehydes is 1. The number of rotatable bonds is 14. The Morgan fingerprint density at radius 3 is 2.42 bits per heavy atom. The van der Waals surface area contributed by atoms with Crippen molar-refractivity contribution in [2.75, 3.05) is 39.5 Å². The summed E-state index contributed by atoms with van der Waals surface area (Å²) in [6.45, 7) is 2.58. The monoisotopic (exact) mass is 374 g/mol. The van der Waals surface area contributed by atoms with E-state index < -0.39 is 23.9 Å². The second kappa shape index (κ2) is 14.1. The standard InChI is InChI=1S/C15H30N6O5/c1-11(9-22)21(13(23)10-26-8-7-25-6-4-16)14(24)12(17)3-2-5-20-15(18)19/h9,11-12H,2-8,10,16-17H2,1H3,(H4,18,19,20)/t11-,12+/m1/s1. The van der Waals surface area contributed by atoms with E-state index in [4.69, 9.17) is 32.4 Å². The Bertz CT molecular complexity index is 469. The largest absolute Gasteiger partial charge is 0.378 e. The van der Waals surface area contributed by atoms with Crippen molar-refractivity contribution >= 4 is 24.1 Å². The predicted molar refractivity (Wildman–Crippen MR) is 96.0 cm³/mol. The summed E-state index contributed by atoms with van der Waals surface area (Å²) >= 11 is 0. The van der Waals surface area contributed by atoms with Gasteiger partial charge in [0, 0.05) is 13.1 Å². The molecule has 0 fully saturated rings. The second-order valence-corrected chi connectivity index (χ2v) is 5.49. The van der Waals surface area contributed by atoms with Gasteiger partial charge >= 0.3 is 0 Å². The molecule has 11 heteroatoms. The predicted octanol–water partition coefficient (Wildman–Crippen LogP) is -2.70. The van der Waals surface area contributed by atoms with Crippen LogP contribution in [0.2, 0.25) is 0 Å². The van der Waals surface area contributed by atoms with Crippen LogP contribution in [-0.2, 0) is 23.9 Å². The van der Waals surface area contributed by atoms with Crippen LogP contribution >= 0.6 is 0 Å². The summed E-state index contributed by atoms with van der Waals surface area (Å²) < 4.78 is 10.3. The number of hydrogen-bond acceptors (Lipinski definition) is 8. The first-order valence-electron chi connectivity index (χ1n) is 8.32. The smallest absolute Gasteiger partial charge is 0.255 e. The van der Waals surface area contributed by atoms with E-state index in [9.17, 15) is 14.4 Å². The first kappa shape index (κ1) is 23.9. The van der Waals surface area contributed by atoms with Crippen molar-refractivity contribution in [1.29, 1.82) is 0 Å². The Kier molecular flexibility index (Phi) is 13.0. The number of carbonyl (C=O) groups excluding carboxylic acids is 3. The van der Waals surface area contributed by atoms with Crippen molar-refractivity contribution in [2.24, 2.45) is 27.9 Å². The van der Waals surface area contributed by atoms with E-state index in [1.807, 2.05) is 0 Å². The summed E-state index contributed by atoms with van der Waals surface area (Å²) in [4.78, 5) is 40.3. The number of nitrogens with zero attached hydrogens (tertiary/aromatic N) is 2. The van der Waals surface area contributed by atoms with Gasteiger partial charge in [-0.3, -0.25) is 19.5 Å². The number of aliphatic imine (C=N–C) groups is 1. The molecule has 11 nitrogen and oxygen atoms in total. The van der Waals surface area contributed by atoms with Gasteiger partial charge in [-0.15, -0.1) is 0 Å². The molecule has 2 atom stereocenters. The van der Waals surface area contributed by atoms with Gasteiger partial charge in [-0.25, -0.2) is 0 Å². The van der Waals surface area contributed by atoms with Gasteiger partial charge in [-0.2, -0.15) is 0 Å². The molecule has 0 saturated carbocycles. The molecule has 2 amide bonds. The van der Waals surface area contributed by atoms with Crippen LogP contribution in [0.15, 0.2) is 4.99 Å². The number of nitrogens with two attached hydrogens (primary N) is 4. The number of carbonyl (C=O) groups is 3. The van der Waals surface area contributed by atoms with Crippen molar-refractivity contribution < 1.29 is 23.9 Å². The second-order valence-electron chi connectivity index (χ2n) is 5.49. The minimum Gasteiger partial charge on any atom is -0.378 e. The zero-order valence-electron chi connectivity index (χ0n) is 15.1. The van der Waals surface area contributed by atoms with Crippen LogP contribution in [0.25, 0.3) is 0 Å². The number of guanidine groups is 1. The zero-order chi connectivity index (χ0) is 19.9. The maximum Gasteiger partial charge on any atom is 0.255 e. The summed E-state index contributed by atoms with van der Waals surface area (Å²) in [5, 5.41) is 0. The Labute approximate surface area is 153 Å². The molecular formula is C15H30N6O5. The Balaban J connectivity index is 4.55. The fourth-order valence-electron chi connectivity index (χ4n) is 1.97. The molecule has 0 aliphatic carbocycles. The summed E-state index contributed by atoms with van der Waals surface area (Å²) in [5.74, 6) is -1.35. The first-order valence-corrected chi connectivity index (χ1v) is 8.32. The van der Waals surface area contributed by atoms with Crippen LogP contribution in [-0.4, -0.2) is 80.6 Å². The van der Waals surface area contributed by atoms with E-state index in [1.54, 1.807) is 0 Å². The average Bonchev–Trinajstić information content (AvgIpc) is 2.61. The van der Waals surface area contributed by atoms with Crippen LogP contribution in [0.3, 0.4) is 0 Å². The summed E-state index contributed by atoms with van der Waals surface area (Å²) in [6.07, 6.45) is 1.21. The van der Waals surface area contributed by atoms with Crippen LogP contribution < -0.4 is 22.9 Å². The lowest BCUT2D eigenvalue weighted by molar-refractivity contribution is -0.153. The minimum absolute atomic E-state index is 0.0520. The molecule has 26 heavy (non-hydrogen) atoms. The van der Waals surface area contributed by atoms with Crippen LogP contribution in [0.4, 0.5) is 0 Å². The topological polar surface area (TPSA) is 189 Å². The highest BCUT2D eigenvalue weighted by Crippen LogP contribution is 2.06. The number of imide groups is 1. The molecular weight excluding hydrogens is 344 g/mol. The molecule has 0 aromatic heterocycles. The zero-order valence-corrected chi connectivity index (χ0v) is 15.1. The Hall–Kier alpha value is -2.08. The third kappa shape index (κ3) is 10.0. The highest BCUT2D eigenvalue weighted by molar-refractivity contribution is 6.00. The number of hydrogen-bond donors (Lipinski definition) is 4. The highest BCUT2D eigenvalue weighted by Gasteiger charge is 2.30. The third-order valence-corrected chi connectivity index (χ3v) is 3.25. The molecule has 150 valence electrons. The van der Waals surface area contributed by atoms with E-state index >= 15 is 0 Å². The molecule has 0 aliphatic heterocycles. The average molecular weight is 374 g/mol. The summed E-state index contributed by atoms with van der Waals surface area (Å²) in [7, 11) is 0. The van der Waals surface area contributed by atoms with Crippen molar-refractivity contribution in [3.05, 3.63) is 0 Å². The van der Waals surface area contributed by atoms with E-state index in [0.29, 0.717) is 32.4 Å². The normalized spacial score (nSPS) is 12.9. The van der Waals surface area contributed by atoms with E-state index in [2.05, 4.69) is 4.99 Å². The molecule has 0 spiro atoms. The van der Waals surface area contributed by atoms with Crippen molar-refractivity contribution in [1.82, 2.24) is 4.90 Å². The Morgan fingerprint density at radius 2 is 1.85 bits per heavy atom. The molecule has 0 aromatic carbocycles. The molecule has 0 rings (SSSR count). The molecule has 0 unspecified atom stereocenters. The third-order valence-electron chi connectivity index (χ3n) is 3.25. The molecule has 0 radical (unpaired) electrons. The molecule has 0 bridgehead atoms. The van der Waals surface area contributed by atoms with Gasteiger partial charge in [0.15, 0.2) is 5.96 Å². The molecule has 0 heterocycles. The SMILES string of the molecule is C[C@H](C=O)N(C(=O)COCCOCCN)C(=O)[C@@H](N)CCCN=C(N)N. The van der Waals surface area contributed by atoms with Gasteiger partial charge in [-0.05, 0) is 19.8 Å². The molecule has 0 saturated heterocycles. The fourth-order valence-corrected chi connectivity index (χ4v) is 1.97. The lowest BCUT2D eigenvalue weighted by atomic mass is 10.1. The quantitative estimate of drug-likeness (QED) is 0.108. The van der Waals surface area contributed by atoms with Gasteiger partial charge in [0.1, 0.15) is 12.9 Å². The minimum atomic E-state index is -0.955. The van der Waals surface area contributed by atoms with Crippen LogP contribution in [0.1, 0.15) is 19.8 Å². The van der Waals surface area contributed by atoms with Crippen molar-refractivity contribution in [3.63, 3.8) is 0 Å².